The zero-order chi connectivity index (χ0) is 28.3. The molecule has 7 heteroatoms. The average molecular weight is 544 g/mol. The second kappa shape index (κ2) is 14.2. The quantitative estimate of drug-likeness (QED) is 0.157. The molecule has 0 aliphatic rings. The van der Waals surface area contributed by atoms with Crippen molar-refractivity contribution in [2.24, 2.45) is 0 Å². The molecule has 1 heterocycles. The van der Waals surface area contributed by atoms with Gasteiger partial charge in [0.2, 0.25) is 0 Å². The summed E-state index contributed by atoms with van der Waals surface area (Å²) in [5.74, 6) is 0.0612. The van der Waals surface area contributed by atoms with Gasteiger partial charge in [-0.05, 0) is 85.5 Å². The molecule has 0 unspecified atom stereocenters. The number of aliphatic carboxylic acids is 2. The van der Waals surface area contributed by atoms with Gasteiger partial charge in [-0.15, -0.1) is 0 Å². The molecule has 0 amide bonds. The maximum atomic E-state index is 11.5. The molecule has 4 rings (SSSR count). The predicted molar refractivity (Wildman–Crippen MR) is 155 cm³/mol. The summed E-state index contributed by atoms with van der Waals surface area (Å²) < 4.78 is 13.7. The topological polar surface area (TPSA) is 98.0 Å². The number of para-hydroxylation sites is 1. The number of unbranched alkanes of at least 4 members (excludes halogenated alkanes) is 1. The van der Waals surface area contributed by atoms with Crippen LogP contribution in [0.1, 0.15) is 47.9 Å². The standard InChI is InChI=1S/C33H37NO6/c1-24-8-2-3-11-30(24)40-21-5-4-20-39-28-17-14-25(15-18-28)13-16-26-9-6-10-29-33(26)27(22-32(37)38)23-34(29)19-7-12-31(35)36/h2-3,6,8-11,14-15,17-18,23H,4-5,7,12-13,16,19-22H2,1H3,(H,35,36)(H,37,38). The van der Waals surface area contributed by atoms with Crippen LogP contribution in [-0.4, -0.2) is 39.9 Å². The van der Waals surface area contributed by atoms with Gasteiger partial charge in [0, 0.05) is 30.1 Å². The van der Waals surface area contributed by atoms with Crippen molar-refractivity contribution >= 4 is 22.8 Å². The zero-order valence-corrected chi connectivity index (χ0v) is 23.0. The van der Waals surface area contributed by atoms with E-state index in [0.717, 1.165) is 64.8 Å². The molecule has 0 radical (unpaired) electrons. The lowest BCUT2D eigenvalue weighted by Gasteiger charge is -2.10. The highest BCUT2D eigenvalue weighted by Gasteiger charge is 2.15. The third-order valence-corrected chi connectivity index (χ3v) is 6.97. The number of fused-ring (bicyclic) bond motifs is 1. The SMILES string of the molecule is Cc1ccccc1OCCCCOc1ccc(CCc2cccc3c2c(CC(=O)O)cn3CCCC(=O)O)cc1. The van der Waals surface area contributed by atoms with Crippen molar-refractivity contribution in [3.63, 3.8) is 0 Å². The van der Waals surface area contributed by atoms with E-state index in [1.54, 1.807) is 0 Å². The Morgan fingerprint density at radius 1 is 0.775 bits per heavy atom. The van der Waals surface area contributed by atoms with Crippen LogP contribution in [0.25, 0.3) is 10.9 Å². The lowest BCUT2D eigenvalue weighted by molar-refractivity contribution is -0.137. The first kappa shape index (κ1) is 28.7. The van der Waals surface area contributed by atoms with E-state index in [4.69, 9.17) is 14.6 Å². The smallest absolute Gasteiger partial charge is 0.307 e. The molecule has 2 N–H and O–H groups in total. The van der Waals surface area contributed by atoms with Crippen molar-refractivity contribution in [2.75, 3.05) is 13.2 Å². The van der Waals surface area contributed by atoms with Crippen molar-refractivity contribution in [2.45, 2.75) is 58.4 Å². The fourth-order valence-corrected chi connectivity index (χ4v) is 4.94. The van der Waals surface area contributed by atoms with Crippen molar-refractivity contribution < 1.29 is 29.3 Å². The van der Waals surface area contributed by atoms with E-state index in [0.29, 0.717) is 26.2 Å². The zero-order valence-electron chi connectivity index (χ0n) is 23.0. The number of hydrogen-bond donors (Lipinski definition) is 2. The van der Waals surface area contributed by atoms with E-state index >= 15 is 0 Å². The molecule has 40 heavy (non-hydrogen) atoms. The van der Waals surface area contributed by atoms with Gasteiger partial charge < -0.3 is 24.3 Å². The fraction of sp³-hybridized carbons (Fsp3) is 0.333. The Morgan fingerprint density at radius 3 is 2.25 bits per heavy atom. The minimum absolute atomic E-state index is 0.0660. The van der Waals surface area contributed by atoms with Crippen LogP contribution >= 0.6 is 0 Å². The van der Waals surface area contributed by atoms with E-state index in [1.165, 1.54) is 5.56 Å². The van der Waals surface area contributed by atoms with E-state index in [9.17, 15) is 14.7 Å². The first-order chi connectivity index (χ1) is 19.4. The Morgan fingerprint density at radius 2 is 1.52 bits per heavy atom. The van der Waals surface area contributed by atoms with Crippen LogP contribution in [-0.2, 0) is 35.4 Å². The first-order valence-electron chi connectivity index (χ1n) is 13.8. The van der Waals surface area contributed by atoms with Crippen molar-refractivity contribution in [3.8, 4) is 11.5 Å². The van der Waals surface area contributed by atoms with Crippen LogP contribution in [0.15, 0.2) is 72.9 Å². The molecule has 0 fully saturated rings. The minimum Gasteiger partial charge on any atom is -0.494 e. The number of carboxylic acid groups (broad SMARTS) is 2. The van der Waals surface area contributed by atoms with E-state index in [2.05, 4.69) is 18.2 Å². The predicted octanol–water partition coefficient (Wildman–Crippen LogP) is 6.46. The molecule has 7 nitrogen and oxygen atoms in total. The molecular weight excluding hydrogens is 506 g/mol. The fourth-order valence-electron chi connectivity index (χ4n) is 4.94. The number of aromatic nitrogens is 1. The van der Waals surface area contributed by atoms with Crippen molar-refractivity contribution in [1.29, 1.82) is 0 Å². The molecule has 210 valence electrons. The minimum atomic E-state index is -0.881. The number of nitrogens with zero attached hydrogens (tertiary/aromatic N) is 1. The molecule has 4 aromatic rings. The van der Waals surface area contributed by atoms with Crippen LogP contribution in [0.5, 0.6) is 11.5 Å². The summed E-state index contributed by atoms with van der Waals surface area (Å²) in [4.78, 5) is 22.5. The van der Waals surface area contributed by atoms with Gasteiger partial charge in [-0.3, -0.25) is 9.59 Å². The highest BCUT2D eigenvalue weighted by molar-refractivity contribution is 5.90. The molecule has 0 saturated heterocycles. The summed E-state index contributed by atoms with van der Waals surface area (Å²) in [7, 11) is 0. The van der Waals surface area contributed by atoms with Gasteiger partial charge in [0.05, 0.1) is 19.6 Å². The summed E-state index contributed by atoms with van der Waals surface area (Å²) in [5, 5.41) is 19.4. The highest BCUT2D eigenvalue weighted by atomic mass is 16.5. The number of benzene rings is 3. The monoisotopic (exact) mass is 543 g/mol. The van der Waals surface area contributed by atoms with E-state index < -0.39 is 11.9 Å². The Hall–Kier alpha value is -4.26. The number of carbonyl (C=O) groups is 2. The molecule has 0 atom stereocenters. The molecule has 0 saturated carbocycles. The van der Waals surface area contributed by atoms with Gasteiger partial charge in [-0.1, -0.05) is 42.5 Å². The normalized spacial score (nSPS) is 11.0. The lowest BCUT2D eigenvalue weighted by Crippen LogP contribution is -2.03. The van der Waals surface area contributed by atoms with Crippen LogP contribution in [0, 0.1) is 6.92 Å². The van der Waals surface area contributed by atoms with Gasteiger partial charge in [0.1, 0.15) is 11.5 Å². The van der Waals surface area contributed by atoms with Crippen LogP contribution in [0.2, 0.25) is 0 Å². The molecule has 0 aliphatic heterocycles. The van der Waals surface area contributed by atoms with Gasteiger partial charge in [0.15, 0.2) is 0 Å². The summed E-state index contributed by atoms with van der Waals surface area (Å²) in [6, 6.07) is 22.2. The Balaban J connectivity index is 1.30. The Labute approximate surface area is 235 Å². The van der Waals surface area contributed by atoms with Gasteiger partial charge in [-0.2, -0.15) is 0 Å². The number of aryl methyl sites for hydroxylation is 4. The van der Waals surface area contributed by atoms with Crippen LogP contribution in [0.3, 0.4) is 0 Å². The van der Waals surface area contributed by atoms with Gasteiger partial charge >= 0.3 is 11.9 Å². The third kappa shape index (κ3) is 8.12. The molecular formula is C33H37NO6. The van der Waals surface area contributed by atoms with E-state index in [-0.39, 0.29) is 12.8 Å². The van der Waals surface area contributed by atoms with Crippen LogP contribution < -0.4 is 9.47 Å². The molecule has 0 aliphatic carbocycles. The van der Waals surface area contributed by atoms with Crippen molar-refractivity contribution in [3.05, 3.63) is 95.2 Å². The van der Waals surface area contributed by atoms with Crippen LogP contribution in [0.4, 0.5) is 0 Å². The second-order valence-corrected chi connectivity index (χ2v) is 10.0. The summed E-state index contributed by atoms with van der Waals surface area (Å²) in [5.41, 5.74) is 5.13. The number of hydrogen-bond acceptors (Lipinski definition) is 4. The third-order valence-electron chi connectivity index (χ3n) is 6.97. The molecule has 0 bridgehead atoms. The van der Waals surface area contributed by atoms with Gasteiger partial charge in [0.25, 0.3) is 0 Å². The average Bonchev–Trinajstić information content (AvgIpc) is 3.28. The maximum Gasteiger partial charge on any atom is 0.307 e. The highest BCUT2D eigenvalue weighted by Crippen LogP contribution is 2.28. The molecule has 1 aromatic heterocycles. The number of ether oxygens (including phenoxy) is 2. The Kier molecular flexibility index (Phi) is 10.2. The summed E-state index contributed by atoms with van der Waals surface area (Å²) in [6.07, 6.45) is 5.78. The summed E-state index contributed by atoms with van der Waals surface area (Å²) >= 11 is 0. The molecule has 0 spiro atoms. The van der Waals surface area contributed by atoms with Crippen molar-refractivity contribution in [1.82, 2.24) is 4.57 Å². The lowest BCUT2D eigenvalue weighted by atomic mass is 9.98. The maximum absolute atomic E-state index is 11.5. The number of rotatable bonds is 16. The molecule has 3 aromatic carbocycles. The number of carboxylic acids is 2. The first-order valence-corrected chi connectivity index (χ1v) is 13.8. The Bertz CT molecular complexity index is 1420. The largest absolute Gasteiger partial charge is 0.494 e. The second-order valence-electron chi connectivity index (χ2n) is 10.0. The van der Waals surface area contributed by atoms with Gasteiger partial charge in [-0.25, -0.2) is 0 Å². The van der Waals surface area contributed by atoms with E-state index in [1.807, 2.05) is 66.2 Å². The summed E-state index contributed by atoms with van der Waals surface area (Å²) in [6.45, 7) is 3.88.